The Balaban J connectivity index is 1.63. The molecule has 3 rings (SSSR count). The van der Waals surface area contributed by atoms with Crippen LogP contribution < -0.4 is 5.73 Å². The number of thiophene rings is 1. The number of hydrogen-bond donors (Lipinski definition) is 1. The van der Waals surface area contributed by atoms with Crippen LogP contribution in [0.5, 0.6) is 0 Å². The summed E-state index contributed by atoms with van der Waals surface area (Å²) in [6, 6.07) is 3.89. The third-order valence-electron chi connectivity index (χ3n) is 2.53. The molecule has 0 bridgehead atoms. The number of amides is 1. The molecule has 3 aromatic heterocycles. The molecule has 0 fully saturated rings. The van der Waals surface area contributed by atoms with Gasteiger partial charge in [0.15, 0.2) is 8.68 Å². The Bertz CT molecular complexity index is 785. The van der Waals surface area contributed by atoms with Crippen LogP contribution in [0, 0.1) is 0 Å². The van der Waals surface area contributed by atoms with Gasteiger partial charge in [-0.1, -0.05) is 46.1 Å². The first-order valence-electron chi connectivity index (χ1n) is 6.40. The Morgan fingerprint density at radius 1 is 1.43 bits per heavy atom. The second-order valence-corrected chi connectivity index (χ2v) is 9.02. The van der Waals surface area contributed by atoms with Crippen LogP contribution in [0.4, 0.5) is 0 Å². The van der Waals surface area contributed by atoms with Gasteiger partial charge >= 0.3 is 0 Å². The first-order chi connectivity index (χ1) is 11.1. The van der Waals surface area contributed by atoms with Gasteiger partial charge in [-0.15, -0.1) is 21.5 Å². The zero-order valence-corrected chi connectivity index (χ0v) is 15.1. The van der Waals surface area contributed by atoms with Crippen LogP contribution in [-0.4, -0.2) is 32.0 Å². The molecule has 0 aliphatic rings. The van der Waals surface area contributed by atoms with Crippen LogP contribution in [0.25, 0.3) is 10.7 Å². The smallest absolute Gasteiger partial charge is 0.240 e. The van der Waals surface area contributed by atoms with Crippen molar-refractivity contribution in [1.82, 2.24) is 20.3 Å². The normalized spacial score (nSPS) is 12.4. The summed E-state index contributed by atoms with van der Waals surface area (Å²) in [4.78, 5) is 16.2. The number of rotatable bonds is 7. The molecule has 0 aliphatic heterocycles. The fourth-order valence-corrected chi connectivity index (χ4v) is 5.13. The van der Waals surface area contributed by atoms with E-state index in [0.717, 1.165) is 9.22 Å². The number of aromatic nitrogens is 4. The van der Waals surface area contributed by atoms with Crippen molar-refractivity contribution >= 4 is 52.1 Å². The first kappa shape index (κ1) is 16.4. The van der Waals surface area contributed by atoms with Gasteiger partial charge in [0.05, 0.1) is 15.9 Å². The standard InChI is InChI=1S/C12H11N5O2S4/c1-6(10-14-9(17-19-10)7-3-2-4-20-7)22-12-16-15-11(23-12)21-5-8(13)18/h2-4,6H,5H2,1H3,(H2,13,18). The van der Waals surface area contributed by atoms with Crippen LogP contribution in [0.15, 0.2) is 30.7 Å². The second kappa shape index (κ2) is 7.43. The maximum atomic E-state index is 10.8. The topological polar surface area (TPSA) is 108 Å². The van der Waals surface area contributed by atoms with Crippen molar-refractivity contribution in [3.05, 3.63) is 23.4 Å². The summed E-state index contributed by atoms with van der Waals surface area (Å²) in [5.41, 5.74) is 5.11. The number of nitrogens with zero attached hydrogens (tertiary/aromatic N) is 4. The minimum absolute atomic E-state index is 0.0434. The molecular weight excluding hydrogens is 374 g/mol. The zero-order chi connectivity index (χ0) is 16.2. The van der Waals surface area contributed by atoms with E-state index < -0.39 is 0 Å². The van der Waals surface area contributed by atoms with Crippen LogP contribution in [0.3, 0.4) is 0 Å². The Hall–Kier alpha value is -1.43. The van der Waals surface area contributed by atoms with Gasteiger partial charge in [-0.3, -0.25) is 4.79 Å². The van der Waals surface area contributed by atoms with Gasteiger partial charge in [-0.05, 0) is 18.4 Å². The fraction of sp³-hybridized carbons (Fsp3) is 0.250. The number of primary amides is 1. The highest BCUT2D eigenvalue weighted by atomic mass is 32.2. The predicted molar refractivity (Wildman–Crippen MR) is 91.7 cm³/mol. The predicted octanol–water partition coefficient (Wildman–Crippen LogP) is 3.08. The third kappa shape index (κ3) is 4.31. The molecule has 23 heavy (non-hydrogen) atoms. The largest absolute Gasteiger partial charge is 0.369 e. The molecule has 0 aromatic carbocycles. The molecule has 3 aromatic rings. The molecule has 0 saturated carbocycles. The highest BCUT2D eigenvalue weighted by Gasteiger charge is 2.19. The van der Waals surface area contributed by atoms with Gasteiger partial charge < -0.3 is 10.3 Å². The highest BCUT2D eigenvalue weighted by Crippen LogP contribution is 2.38. The molecule has 7 nitrogen and oxygen atoms in total. The van der Waals surface area contributed by atoms with Crippen LogP contribution in [-0.2, 0) is 4.79 Å². The SMILES string of the molecule is CC(Sc1nnc(SCC(N)=O)s1)c1nc(-c2cccs2)no1. The lowest BCUT2D eigenvalue weighted by Crippen LogP contribution is -2.12. The van der Waals surface area contributed by atoms with Gasteiger partial charge in [0.1, 0.15) is 0 Å². The fourth-order valence-electron chi connectivity index (χ4n) is 1.54. The minimum Gasteiger partial charge on any atom is -0.369 e. The summed E-state index contributed by atoms with van der Waals surface area (Å²) in [6.45, 7) is 1.97. The van der Waals surface area contributed by atoms with E-state index >= 15 is 0 Å². The molecule has 3 heterocycles. The van der Waals surface area contributed by atoms with Crippen molar-refractivity contribution in [3.8, 4) is 10.7 Å². The van der Waals surface area contributed by atoms with E-state index in [1.165, 1.54) is 34.9 Å². The molecule has 1 amide bonds. The summed E-state index contributed by atoms with van der Waals surface area (Å²) < 4.78 is 6.81. The van der Waals surface area contributed by atoms with E-state index in [1.54, 1.807) is 11.3 Å². The lowest BCUT2D eigenvalue weighted by molar-refractivity contribution is -0.115. The number of hydrogen-bond acceptors (Lipinski definition) is 10. The van der Waals surface area contributed by atoms with Gasteiger partial charge in [0.25, 0.3) is 0 Å². The van der Waals surface area contributed by atoms with E-state index in [2.05, 4.69) is 20.3 Å². The summed E-state index contributed by atoms with van der Waals surface area (Å²) in [5.74, 6) is 0.958. The van der Waals surface area contributed by atoms with E-state index in [0.29, 0.717) is 16.1 Å². The van der Waals surface area contributed by atoms with Crippen molar-refractivity contribution in [2.24, 2.45) is 5.73 Å². The minimum atomic E-state index is -0.375. The van der Waals surface area contributed by atoms with Crippen LogP contribution >= 0.6 is 46.2 Å². The number of nitrogens with two attached hydrogens (primary N) is 1. The molecule has 120 valence electrons. The second-order valence-electron chi connectivity index (χ2n) is 4.28. The van der Waals surface area contributed by atoms with Crippen molar-refractivity contribution < 1.29 is 9.32 Å². The molecule has 0 aliphatic carbocycles. The maximum Gasteiger partial charge on any atom is 0.240 e. The van der Waals surface area contributed by atoms with Crippen molar-refractivity contribution in [1.29, 1.82) is 0 Å². The lowest BCUT2D eigenvalue weighted by atomic mass is 10.4. The average Bonchev–Trinajstić information content (AvgIpc) is 3.25. The lowest BCUT2D eigenvalue weighted by Gasteiger charge is -2.01. The number of carbonyl (C=O) groups excluding carboxylic acids is 1. The first-order valence-corrected chi connectivity index (χ1v) is 9.96. The summed E-state index contributed by atoms with van der Waals surface area (Å²) in [7, 11) is 0. The monoisotopic (exact) mass is 385 g/mol. The van der Waals surface area contributed by atoms with Crippen molar-refractivity contribution in [2.45, 2.75) is 20.9 Å². The molecule has 1 unspecified atom stereocenters. The number of carbonyl (C=O) groups is 1. The molecule has 0 spiro atoms. The van der Waals surface area contributed by atoms with Crippen molar-refractivity contribution in [3.63, 3.8) is 0 Å². The maximum absolute atomic E-state index is 10.8. The quantitative estimate of drug-likeness (QED) is 0.618. The molecule has 11 heteroatoms. The summed E-state index contributed by atoms with van der Waals surface area (Å²) >= 11 is 5.74. The molecule has 0 saturated heterocycles. The van der Waals surface area contributed by atoms with Crippen LogP contribution in [0.2, 0.25) is 0 Å². The van der Waals surface area contributed by atoms with E-state index in [4.69, 9.17) is 10.3 Å². The Morgan fingerprint density at radius 2 is 2.26 bits per heavy atom. The van der Waals surface area contributed by atoms with E-state index in [1.807, 2.05) is 24.4 Å². The third-order valence-corrected chi connectivity index (χ3v) is 6.65. The summed E-state index contributed by atoms with van der Waals surface area (Å²) in [6.07, 6.45) is 0. The van der Waals surface area contributed by atoms with Gasteiger partial charge in [0.2, 0.25) is 17.6 Å². The Labute approximate surface area is 148 Å². The molecule has 1 atom stereocenters. The van der Waals surface area contributed by atoms with E-state index in [9.17, 15) is 4.79 Å². The highest BCUT2D eigenvalue weighted by molar-refractivity contribution is 8.03. The van der Waals surface area contributed by atoms with Gasteiger partial charge in [-0.25, -0.2) is 0 Å². The molecular formula is C12H11N5O2S4. The van der Waals surface area contributed by atoms with Gasteiger partial charge in [0, 0.05) is 0 Å². The zero-order valence-electron chi connectivity index (χ0n) is 11.8. The summed E-state index contributed by atoms with van der Waals surface area (Å²) in [5, 5.41) is 14.0. The van der Waals surface area contributed by atoms with Crippen LogP contribution in [0.1, 0.15) is 18.1 Å². The van der Waals surface area contributed by atoms with E-state index in [-0.39, 0.29) is 16.9 Å². The molecule has 0 radical (unpaired) electrons. The van der Waals surface area contributed by atoms with Gasteiger partial charge in [-0.2, -0.15) is 4.98 Å². The molecule has 2 N–H and O–H groups in total. The average molecular weight is 386 g/mol. The number of thioether (sulfide) groups is 2. The Morgan fingerprint density at radius 3 is 3.00 bits per heavy atom. The van der Waals surface area contributed by atoms with Crippen molar-refractivity contribution in [2.75, 3.05) is 5.75 Å². The Kier molecular flexibility index (Phi) is 5.30.